The summed E-state index contributed by atoms with van der Waals surface area (Å²) in [5.74, 6) is 0.966. The summed E-state index contributed by atoms with van der Waals surface area (Å²) >= 11 is 0. The van der Waals surface area contributed by atoms with Crippen LogP contribution in [0.4, 0.5) is 5.82 Å². The second-order valence-electron chi connectivity index (χ2n) is 3.68. The number of aromatic nitrogens is 2. The molecule has 0 atom stereocenters. The average molecular weight is 185 g/mol. The highest BCUT2D eigenvalue weighted by Crippen LogP contribution is 2.24. The van der Waals surface area contributed by atoms with Crippen molar-refractivity contribution in [3.8, 4) is 0 Å². The zero-order valence-corrected chi connectivity index (χ0v) is 7.77. The first-order chi connectivity index (χ1) is 6.92. The molecule has 2 heterocycles. The minimum absolute atomic E-state index is 0.650. The van der Waals surface area contributed by atoms with Crippen LogP contribution in [-0.2, 0) is 0 Å². The molecular weight excluding hydrogens is 174 g/mol. The fourth-order valence-corrected chi connectivity index (χ4v) is 1.48. The topological polar surface area (TPSA) is 37.8 Å². The molecule has 3 rings (SSSR count). The van der Waals surface area contributed by atoms with Crippen molar-refractivity contribution in [3.05, 3.63) is 30.6 Å². The van der Waals surface area contributed by atoms with E-state index >= 15 is 0 Å². The van der Waals surface area contributed by atoms with Gasteiger partial charge < -0.3 is 5.32 Å². The molecule has 0 bridgehead atoms. The Morgan fingerprint density at radius 1 is 1.21 bits per heavy atom. The van der Waals surface area contributed by atoms with E-state index in [1.165, 1.54) is 12.8 Å². The van der Waals surface area contributed by atoms with Gasteiger partial charge in [0.2, 0.25) is 0 Å². The van der Waals surface area contributed by atoms with Crippen molar-refractivity contribution in [2.24, 2.45) is 0 Å². The van der Waals surface area contributed by atoms with Gasteiger partial charge in [0.25, 0.3) is 0 Å². The summed E-state index contributed by atoms with van der Waals surface area (Å²) in [6.45, 7) is 0. The Bertz CT molecular complexity index is 463. The van der Waals surface area contributed by atoms with Gasteiger partial charge in [0.15, 0.2) is 0 Å². The summed E-state index contributed by atoms with van der Waals surface area (Å²) in [5, 5.41) is 4.51. The molecule has 14 heavy (non-hydrogen) atoms. The van der Waals surface area contributed by atoms with Gasteiger partial charge in [-0.2, -0.15) is 0 Å². The first-order valence-corrected chi connectivity index (χ1v) is 4.89. The first kappa shape index (κ1) is 7.74. The Morgan fingerprint density at radius 3 is 3.00 bits per heavy atom. The number of fused-ring (bicyclic) bond motifs is 1. The van der Waals surface area contributed by atoms with Gasteiger partial charge in [-0.05, 0) is 31.0 Å². The van der Waals surface area contributed by atoms with Gasteiger partial charge in [-0.3, -0.25) is 4.98 Å². The third-order valence-electron chi connectivity index (χ3n) is 2.42. The van der Waals surface area contributed by atoms with Crippen molar-refractivity contribution < 1.29 is 0 Å². The minimum atomic E-state index is 0.650. The van der Waals surface area contributed by atoms with Crippen LogP contribution < -0.4 is 5.32 Å². The molecule has 1 N–H and O–H groups in total. The summed E-state index contributed by atoms with van der Waals surface area (Å²) in [4.78, 5) is 8.54. The second-order valence-corrected chi connectivity index (χ2v) is 3.68. The predicted molar refractivity (Wildman–Crippen MR) is 56.2 cm³/mol. The van der Waals surface area contributed by atoms with Crippen LogP contribution in [0.5, 0.6) is 0 Å². The van der Waals surface area contributed by atoms with Crippen LogP contribution in [0.2, 0.25) is 0 Å². The van der Waals surface area contributed by atoms with E-state index < -0.39 is 0 Å². The zero-order valence-electron chi connectivity index (χ0n) is 7.77. The maximum atomic E-state index is 4.48. The molecule has 0 unspecified atom stereocenters. The van der Waals surface area contributed by atoms with Crippen LogP contribution in [0.15, 0.2) is 30.6 Å². The van der Waals surface area contributed by atoms with Gasteiger partial charge in [0, 0.05) is 17.6 Å². The number of nitrogens with one attached hydrogen (secondary N) is 1. The molecule has 0 amide bonds. The molecule has 0 radical (unpaired) electrons. The molecule has 2 aromatic heterocycles. The van der Waals surface area contributed by atoms with E-state index in [1.807, 2.05) is 12.1 Å². The number of pyridine rings is 2. The number of rotatable bonds is 2. The lowest BCUT2D eigenvalue weighted by Crippen LogP contribution is -2.02. The van der Waals surface area contributed by atoms with E-state index in [2.05, 4.69) is 21.4 Å². The van der Waals surface area contributed by atoms with Gasteiger partial charge >= 0.3 is 0 Å². The average Bonchev–Trinajstić information content (AvgIpc) is 3.02. The normalized spacial score (nSPS) is 15.7. The molecule has 0 aliphatic heterocycles. The molecule has 1 saturated carbocycles. The van der Waals surface area contributed by atoms with Gasteiger partial charge in [0.1, 0.15) is 5.82 Å². The molecule has 70 valence electrons. The molecule has 1 aliphatic carbocycles. The smallest absolute Gasteiger partial charge is 0.126 e. The van der Waals surface area contributed by atoms with Gasteiger partial charge in [-0.15, -0.1) is 0 Å². The van der Waals surface area contributed by atoms with E-state index in [1.54, 1.807) is 12.4 Å². The van der Waals surface area contributed by atoms with Crippen LogP contribution in [0.3, 0.4) is 0 Å². The monoisotopic (exact) mass is 185 g/mol. The standard InChI is InChI=1S/C11H11N3/c1-4-11(13-9-2-3-9)14-10-7-12-6-5-8(1)10/h1,4-7,9H,2-3H2,(H,13,14). The predicted octanol–water partition coefficient (Wildman–Crippen LogP) is 2.20. The van der Waals surface area contributed by atoms with Crippen LogP contribution in [0, 0.1) is 0 Å². The Morgan fingerprint density at radius 2 is 2.14 bits per heavy atom. The number of nitrogens with zero attached hydrogens (tertiary/aromatic N) is 2. The Hall–Kier alpha value is -1.64. The van der Waals surface area contributed by atoms with Crippen LogP contribution >= 0.6 is 0 Å². The molecule has 0 aromatic carbocycles. The lowest BCUT2D eigenvalue weighted by Gasteiger charge is -2.03. The summed E-state index contributed by atoms with van der Waals surface area (Å²) < 4.78 is 0. The van der Waals surface area contributed by atoms with E-state index in [0.29, 0.717) is 6.04 Å². The van der Waals surface area contributed by atoms with Crippen molar-refractivity contribution >= 4 is 16.7 Å². The fraction of sp³-hybridized carbons (Fsp3) is 0.273. The third-order valence-corrected chi connectivity index (χ3v) is 2.42. The number of hydrogen-bond donors (Lipinski definition) is 1. The van der Waals surface area contributed by atoms with Crippen LogP contribution in [0.1, 0.15) is 12.8 Å². The Kier molecular flexibility index (Phi) is 1.63. The molecular formula is C11H11N3. The van der Waals surface area contributed by atoms with E-state index in [4.69, 9.17) is 0 Å². The van der Waals surface area contributed by atoms with E-state index in [0.717, 1.165) is 16.7 Å². The molecule has 3 nitrogen and oxygen atoms in total. The SMILES string of the molecule is c1cc2ccc(NC3CC3)nc2cn1. The number of anilines is 1. The minimum Gasteiger partial charge on any atom is -0.367 e. The molecule has 0 spiro atoms. The van der Waals surface area contributed by atoms with Crippen LogP contribution in [-0.4, -0.2) is 16.0 Å². The Balaban J connectivity index is 2.01. The van der Waals surface area contributed by atoms with Gasteiger partial charge in [0.05, 0.1) is 11.7 Å². The van der Waals surface area contributed by atoms with Gasteiger partial charge in [-0.1, -0.05) is 0 Å². The highest BCUT2D eigenvalue weighted by atomic mass is 15.0. The Labute approximate surface area is 82.2 Å². The highest BCUT2D eigenvalue weighted by molar-refractivity contribution is 5.79. The lowest BCUT2D eigenvalue weighted by molar-refractivity contribution is 1.12. The fourth-order valence-electron chi connectivity index (χ4n) is 1.48. The number of hydrogen-bond acceptors (Lipinski definition) is 3. The summed E-state index contributed by atoms with van der Waals surface area (Å²) in [6, 6.07) is 6.73. The summed E-state index contributed by atoms with van der Waals surface area (Å²) in [6.07, 6.45) is 6.13. The molecule has 3 heteroatoms. The van der Waals surface area contributed by atoms with Crippen LogP contribution in [0.25, 0.3) is 10.9 Å². The van der Waals surface area contributed by atoms with E-state index in [-0.39, 0.29) is 0 Å². The van der Waals surface area contributed by atoms with Gasteiger partial charge in [-0.25, -0.2) is 4.98 Å². The maximum absolute atomic E-state index is 4.48. The quantitative estimate of drug-likeness (QED) is 0.779. The molecule has 1 fully saturated rings. The molecule has 2 aromatic rings. The molecule has 1 aliphatic rings. The molecule has 0 saturated heterocycles. The van der Waals surface area contributed by atoms with E-state index in [9.17, 15) is 0 Å². The third kappa shape index (κ3) is 1.41. The summed E-state index contributed by atoms with van der Waals surface area (Å²) in [5.41, 5.74) is 0.957. The first-order valence-electron chi connectivity index (χ1n) is 4.89. The second kappa shape index (κ2) is 2.94. The largest absolute Gasteiger partial charge is 0.367 e. The zero-order chi connectivity index (χ0) is 9.38. The van der Waals surface area contributed by atoms with Crippen molar-refractivity contribution in [2.45, 2.75) is 18.9 Å². The van der Waals surface area contributed by atoms with Crippen molar-refractivity contribution in [1.82, 2.24) is 9.97 Å². The lowest BCUT2D eigenvalue weighted by atomic mass is 10.2. The van der Waals surface area contributed by atoms with Crippen molar-refractivity contribution in [1.29, 1.82) is 0 Å². The van der Waals surface area contributed by atoms with Crippen molar-refractivity contribution in [2.75, 3.05) is 5.32 Å². The highest BCUT2D eigenvalue weighted by Gasteiger charge is 2.21. The van der Waals surface area contributed by atoms with Crippen molar-refractivity contribution in [3.63, 3.8) is 0 Å². The maximum Gasteiger partial charge on any atom is 0.126 e. The summed E-state index contributed by atoms with van der Waals surface area (Å²) in [7, 11) is 0.